The van der Waals surface area contributed by atoms with Gasteiger partial charge in [-0.3, -0.25) is 9.48 Å². The maximum atomic E-state index is 13.4. The Balaban J connectivity index is 2.00. The lowest BCUT2D eigenvalue weighted by molar-refractivity contribution is 0.115. The third kappa shape index (κ3) is 4.05. The molecule has 2 aromatic heterocycles. The number of benzene rings is 2. The predicted molar refractivity (Wildman–Crippen MR) is 132 cm³/mol. The molecule has 2 aromatic carbocycles. The summed E-state index contributed by atoms with van der Waals surface area (Å²) in [7, 11) is 1.75. The van der Waals surface area contributed by atoms with Gasteiger partial charge in [0.25, 0.3) is 12.0 Å². The Labute approximate surface area is 199 Å². The van der Waals surface area contributed by atoms with Gasteiger partial charge in [-0.2, -0.15) is 15.5 Å². The van der Waals surface area contributed by atoms with Gasteiger partial charge in [-0.1, -0.05) is 43.0 Å². The predicted octanol–water partition coefficient (Wildman–Crippen LogP) is 4.80. The van der Waals surface area contributed by atoms with Crippen molar-refractivity contribution in [3.8, 4) is 28.5 Å². The van der Waals surface area contributed by atoms with Crippen LogP contribution in [-0.4, -0.2) is 26.4 Å². The highest BCUT2D eigenvalue weighted by Crippen LogP contribution is 2.37. The molecule has 1 atom stereocenters. The van der Waals surface area contributed by atoms with E-state index in [0.29, 0.717) is 27.9 Å². The van der Waals surface area contributed by atoms with E-state index in [1.165, 1.54) is 0 Å². The maximum Gasteiger partial charge on any atom is 0.272 e. The Hall–Kier alpha value is -4.42. The van der Waals surface area contributed by atoms with Crippen molar-refractivity contribution < 1.29 is 8.78 Å². The monoisotopic (exact) mass is 472 g/mol. The van der Waals surface area contributed by atoms with E-state index in [1.807, 2.05) is 31.2 Å². The zero-order chi connectivity index (χ0) is 25.3. The zero-order valence-electron chi connectivity index (χ0n) is 19.1. The molecule has 0 aliphatic rings. The van der Waals surface area contributed by atoms with Crippen LogP contribution in [-0.2, 0) is 7.05 Å². The Morgan fingerprint density at radius 2 is 2.00 bits per heavy atom. The van der Waals surface area contributed by atoms with Crippen LogP contribution in [0.5, 0.6) is 0 Å². The van der Waals surface area contributed by atoms with Crippen molar-refractivity contribution in [2.45, 2.75) is 19.4 Å². The number of hydrogen-bond acceptors (Lipinski definition) is 5. The minimum absolute atomic E-state index is 0.106. The Morgan fingerprint density at radius 3 is 2.66 bits per heavy atom. The summed E-state index contributed by atoms with van der Waals surface area (Å²) in [5.41, 5.74) is 9.62. The van der Waals surface area contributed by atoms with Gasteiger partial charge in [-0.25, -0.2) is 13.9 Å². The number of aromatic nitrogens is 4. The molecule has 3 N–H and O–H groups in total. The molecule has 176 valence electrons. The minimum Gasteiger partial charge on any atom is -0.318 e. The van der Waals surface area contributed by atoms with E-state index >= 15 is 0 Å². The molecule has 0 bridgehead atoms. The van der Waals surface area contributed by atoms with Gasteiger partial charge >= 0.3 is 0 Å². The lowest BCUT2D eigenvalue weighted by atomic mass is 9.91. The lowest BCUT2D eigenvalue weighted by Gasteiger charge is -2.14. The van der Waals surface area contributed by atoms with Gasteiger partial charge in [-0.05, 0) is 35.7 Å². The molecule has 0 amide bonds. The van der Waals surface area contributed by atoms with E-state index in [1.54, 1.807) is 42.2 Å². The number of hydrogen-bond donors (Lipinski definition) is 2. The van der Waals surface area contributed by atoms with Crippen LogP contribution >= 0.6 is 0 Å². The van der Waals surface area contributed by atoms with Crippen LogP contribution in [0.1, 0.15) is 35.3 Å². The number of nitriles is 1. The first-order chi connectivity index (χ1) is 16.8. The number of aromatic amines is 1. The molecule has 0 radical (unpaired) electrons. The smallest absolute Gasteiger partial charge is 0.272 e. The average Bonchev–Trinajstić information content (AvgIpc) is 3.24. The average molecular weight is 472 g/mol. The fourth-order valence-corrected chi connectivity index (χ4v) is 4.17. The van der Waals surface area contributed by atoms with Crippen LogP contribution in [0.15, 0.2) is 54.0 Å². The second-order valence-corrected chi connectivity index (χ2v) is 7.90. The molecule has 0 unspecified atom stereocenters. The number of fused-ring (bicyclic) bond motifs is 1. The standard InChI is InChI=1S/C26H22F2N6O/c1-4-6-16-14(5-2)7-9-17(20(16)12-29)24-21(13-31-34(24)3)15-8-10-18-19(11-15)23(22(30)25(27)28)32-33-26(18)35/h4-11,13,22,25H,2,30H2,1,3H3,(H,33,35)/b6-4-/t22-/m0/s1. The Bertz CT molecular complexity index is 1580. The molecule has 9 heteroatoms. The molecule has 2 heterocycles. The molecule has 0 saturated carbocycles. The third-order valence-corrected chi connectivity index (χ3v) is 5.85. The Morgan fingerprint density at radius 1 is 1.23 bits per heavy atom. The lowest BCUT2D eigenvalue weighted by Crippen LogP contribution is -2.23. The molecular weight excluding hydrogens is 450 g/mol. The largest absolute Gasteiger partial charge is 0.318 e. The van der Waals surface area contributed by atoms with Crippen LogP contribution in [0.4, 0.5) is 8.78 Å². The van der Waals surface area contributed by atoms with Crippen LogP contribution < -0.4 is 11.3 Å². The van der Waals surface area contributed by atoms with Crippen molar-refractivity contribution >= 4 is 22.9 Å². The fraction of sp³-hybridized carbons (Fsp3) is 0.154. The van der Waals surface area contributed by atoms with Gasteiger partial charge < -0.3 is 5.73 Å². The van der Waals surface area contributed by atoms with E-state index in [9.17, 15) is 18.8 Å². The first-order valence-electron chi connectivity index (χ1n) is 10.7. The highest BCUT2D eigenvalue weighted by Gasteiger charge is 2.24. The quantitative estimate of drug-likeness (QED) is 0.418. The zero-order valence-corrected chi connectivity index (χ0v) is 19.1. The summed E-state index contributed by atoms with van der Waals surface area (Å²) in [6, 6.07) is 9.18. The normalized spacial score (nSPS) is 12.4. The van der Waals surface area contributed by atoms with Gasteiger partial charge in [0, 0.05) is 23.6 Å². The summed E-state index contributed by atoms with van der Waals surface area (Å²) < 4.78 is 28.4. The van der Waals surface area contributed by atoms with Crippen molar-refractivity contribution in [1.82, 2.24) is 20.0 Å². The van der Waals surface area contributed by atoms with Crippen molar-refractivity contribution in [3.63, 3.8) is 0 Å². The summed E-state index contributed by atoms with van der Waals surface area (Å²) in [6.45, 7) is 5.70. The van der Waals surface area contributed by atoms with Gasteiger partial charge in [0.1, 0.15) is 12.1 Å². The summed E-state index contributed by atoms with van der Waals surface area (Å²) in [5, 5.41) is 20.9. The van der Waals surface area contributed by atoms with Gasteiger partial charge in [0.2, 0.25) is 0 Å². The first-order valence-corrected chi connectivity index (χ1v) is 10.7. The van der Waals surface area contributed by atoms with E-state index < -0.39 is 18.0 Å². The molecule has 35 heavy (non-hydrogen) atoms. The van der Waals surface area contributed by atoms with Crippen LogP contribution in [0.25, 0.3) is 45.3 Å². The van der Waals surface area contributed by atoms with Crippen molar-refractivity contribution in [2.75, 3.05) is 0 Å². The molecule has 0 aliphatic heterocycles. The number of allylic oxidation sites excluding steroid dienone is 1. The number of nitrogens with two attached hydrogens (primary N) is 1. The van der Waals surface area contributed by atoms with Gasteiger partial charge in [0.05, 0.1) is 28.5 Å². The van der Waals surface area contributed by atoms with Crippen molar-refractivity contribution in [1.29, 1.82) is 5.26 Å². The summed E-state index contributed by atoms with van der Waals surface area (Å²) >= 11 is 0. The minimum atomic E-state index is -2.86. The first kappa shape index (κ1) is 23.7. The molecule has 0 aliphatic carbocycles. The fourth-order valence-electron chi connectivity index (χ4n) is 4.17. The molecule has 0 fully saturated rings. The number of nitrogens with one attached hydrogen (secondary N) is 1. The summed E-state index contributed by atoms with van der Waals surface area (Å²) in [4.78, 5) is 12.3. The second-order valence-electron chi connectivity index (χ2n) is 7.90. The number of H-pyrrole nitrogens is 1. The maximum absolute atomic E-state index is 13.4. The van der Waals surface area contributed by atoms with E-state index in [0.717, 1.165) is 11.1 Å². The number of nitrogens with zero attached hydrogens (tertiary/aromatic N) is 4. The topological polar surface area (TPSA) is 113 Å². The molecular formula is C26H22F2N6O. The third-order valence-electron chi connectivity index (χ3n) is 5.85. The highest BCUT2D eigenvalue weighted by atomic mass is 19.3. The summed E-state index contributed by atoms with van der Waals surface area (Å²) in [5.74, 6) is 0. The second kappa shape index (κ2) is 9.44. The van der Waals surface area contributed by atoms with Gasteiger partial charge in [0.15, 0.2) is 0 Å². The van der Waals surface area contributed by atoms with Crippen LogP contribution in [0, 0.1) is 11.3 Å². The molecule has 4 rings (SSSR count). The Kier molecular flexibility index (Phi) is 6.40. The van der Waals surface area contributed by atoms with E-state index in [2.05, 4.69) is 27.9 Å². The molecule has 4 aromatic rings. The number of alkyl halides is 2. The van der Waals surface area contributed by atoms with Crippen LogP contribution in [0.2, 0.25) is 0 Å². The van der Waals surface area contributed by atoms with Crippen LogP contribution in [0.3, 0.4) is 0 Å². The SMILES string of the molecule is C=Cc1ccc(-c2c(-c3ccc4c(=O)[nH]nc([C@H](N)C(F)F)c4c3)cnn2C)c(C#N)c1/C=C\C. The highest BCUT2D eigenvalue weighted by molar-refractivity contribution is 5.93. The van der Waals surface area contributed by atoms with Crippen molar-refractivity contribution in [3.05, 3.63) is 81.9 Å². The number of halogens is 2. The number of aryl methyl sites for hydroxylation is 1. The summed E-state index contributed by atoms with van der Waals surface area (Å²) in [6.07, 6.45) is 4.15. The molecule has 7 nitrogen and oxygen atoms in total. The molecule has 0 saturated heterocycles. The van der Waals surface area contributed by atoms with Gasteiger partial charge in [-0.15, -0.1) is 0 Å². The van der Waals surface area contributed by atoms with E-state index in [-0.39, 0.29) is 16.5 Å². The number of rotatable bonds is 6. The molecule has 0 spiro atoms. The van der Waals surface area contributed by atoms with Crippen molar-refractivity contribution in [2.24, 2.45) is 12.8 Å². The van der Waals surface area contributed by atoms with E-state index in [4.69, 9.17) is 5.73 Å².